The topological polar surface area (TPSA) is 45.4 Å². The number of alkyl halides is 3. The second kappa shape index (κ2) is 8.04. The van der Waals surface area contributed by atoms with Crippen molar-refractivity contribution in [1.29, 1.82) is 0 Å². The molecule has 0 aliphatic carbocycles. The van der Waals surface area contributed by atoms with Crippen LogP contribution >= 0.6 is 11.6 Å². The molecule has 0 spiro atoms. The molecule has 1 saturated heterocycles. The fourth-order valence-electron chi connectivity index (χ4n) is 3.29. The summed E-state index contributed by atoms with van der Waals surface area (Å²) in [4.78, 5) is 8.75. The Hall–Kier alpha value is -2.58. The van der Waals surface area contributed by atoms with E-state index in [4.69, 9.17) is 16.1 Å². The van der Waals surface area contributed by atoms with Crippen LogP contribution in [0.2, 0.25) is 5.02 Å². The van der Waals surface area contributed by atoms with Crippen LogP contribution in [-0.2, 0) is 12.7 Å². The lowest BCUT2D eigenvalue weighted by atomic mass is 10.1. The Morgan fingerprint density at radius 3 is 2.31 bits per heavy atom. The van der Waals surface area contributed by atoms with Crippen LogP contribution in [0.3, 0.4) is 0 Å². The first-order valence-corrected chi connectivity index (χ1v) is 9.50. The van der Waals surface area contributed by atoms with Gasteiger partial charge in [0, 0.05) is 31.7 Å². The molecule has 0 saturated carbocycles. The molecule has 29 heavy (non-hydrogen) atoms. The quantitative estimate of drug-likeness (QED) is 0.608. The predicted octanol–water partition coefficient (Wildman–Crippen LogP) is 4.73. The molecule has 1 aliphatic heterocycles. The molecular formula is C20H18ClF3N4O. The number of hydrogen-bond acceptors (Lipinski definition) is 5. The minimum atomic E-state index is -4.37. The maximum absolute atomic E-state index is 12.7. The van der Waals surface area contributed by atoms with Crippen molar-refractivity contribution in [3.05, 3.63) is 65.0 Å². The number of piperazine rings is 1. The van der Waals surface area contributed by atoms with Crippen molar-refractivity contribution < 1.29 is 17.7 Å². The maximum atomic E-state index is 12.7. The van der Waals surface area contributed by atoms with Crippen LogP contribution in [0.4, 0.5) is 18.9 Å². The van der Waals surface area contributed by atoms with Crippen LogP contribution in [0.5, 0.6) is 0 Å². The number of rotatable bonds is 4. The number of benzene rings is 2. The molecule has 0 atom stereocenters. The van der Waals surface area contributed by atoms with Crippen molar-refractivity contribution >= 4 is 17.3 Å². The van der Waals surface area contributed by atoms with E-state index < -0.39 is 11.7 Å². The molecule has 5 nitrogen and oxygen atoms in total. The van der Waals surface area contributed by atoms with E-state index in [2.05, 4.69) is 19.9 Å². The molecule has 0 radical (unpaired) electrons. The third-order valence-electron chi connectivity index (χ3n) is 4.86. The number of aromatic nitrogens is 2. The van der Waals surface area contributed by atoms with Crippen molar-refractivity contribution in [2.75, 3.05) is 31.1 Å². The van der Waals surface area contributed by atoms with Gasteiger partial charge < -0.3 is 9.42 Å². The van der Waals surface area contributed by atoms with Crippen LogP contribution < -0.4 is 4.90 Å². The highest BCUT2D eigenvalue weighted by Crippen LogP contribution is 2.30. The smallest absolute Gasteiger partial charge is 0.368 e. The fourth-order valence-corrected chi connectivity index (χ4v) is 3.55. The fraction of sp³-hybridized carbons (Fsp3) is 0.300. The van der Waals surface area contributed by atoms with Crippen molar-refractivity contribution in [3.8, 4) is 11.4 Å². The Bertz CT molecular complexity index is 966. The molecule has 3 aromatic rings. The number of halogens is 4. The molecule has 4 rings (SSSR count). The molecule has 1 aliphatic rings. The maximum Gasteiger partial charge on any atom is 0.416 e. The number of hydrogen-bond donors (Lipinski definition) is 0. The van der Waals surface area contributed by atoms with Gasteiger partial charge in [-0.1, -0.05) is 41.0 Å². The normalized spacial score (nSPS) is 15.7. The van der Waals surface area contributed by atoms with E-state index in [1.165, 1.54) is 12.1 Å². The van der Waals surface area contributed by atoms with Gasteiger partial charge in [-0.2, -0.15) is 18.2 Å². The predicted molar refractivity (Wildman–Crippen MR) is 104 cm³/mol. The Labute approximate surface area is 170 Å². The van der Waals surface area contributed by atoms with Gasteiger partial charge in [-0.3, -0.25) is 4.90 Å². The molecular weight excluding hydrogens is 405 g/mol. The van der Waals surface area contributed by atoms with E-state index in [9.17, 15) is 13.2 Å². The van der Waals surface area contributed by atoms with Crippen LogP contribution in [0, 0.1) is 0 Å². The lowest BCUT2D eigenvalue weighted by Gasteiger charge is -2.35. The first-order chi connectivity index (χ1) is 13.9. The summed E-state index contributed by atoms with van der Waals surface area (Å²) in [6, 6.07) is 12.5. The Morgan fingerprint density at radius 2 is 1.66 bits per heavy atom. The highest BCUT2D eigenvalue weighted by atomic mass is 35.5. The van der Waals surface area contributed by atoms with E-state index in [0.29, 0.717) is 18.0 Å². The Kier molecular flexibility index (Phi) is 5.47. The first kappa shape index (κ1) is 19.7. The minimum Gasteiger partial charge on any atom is -0.368 e. The van der Waals surface area contributed by atoms with Gasteiger partial charge in [0.15, 0.2) is 0 Å². The number of anilines is 1. The standard InChI is InChI=1S/C20H18ClF3N4O/c21-16-3-1-2-4-17(16)28-11-9-27(10-12-28)13-18-25-19(26-29-18)14-5-7-15(8-6-14)20(22,23)24/h1-8H,9-13H2. The van der Waals surface area contributed by atoms with Gasteiger partial charge in [0.25, 0.3) is 0 Å². The van der Waals surface area contributed by atoms with Crippen molar-refractivity contribution in [2.24, 2.45) is 0 Å². The van der Waals surface area contributed by atoms with Crippen LogP contribution in [0.25, 0.3) is 11.4 Å². The summed E-state index contributed by atoms with van der Waals surface area (Å²) in [5.74, 6) is 0.717. The summed E-state index contributed by atoms with van der Waals surface area (Å²) in [7, 11) is 0. The first-order valence-electron chi connectivity index (χ1n) is 9.12. The summed E-state index contributed by atoms with van der Waals surface area (Å²) in [5.41, 5.74) is 0.800. The highest BCUT2D eigenvalue weighted by molar-refractivity contribution is 6.33. The van der Waals surface area contributed by atoms with Crippen LogP contribution in [0.1, 0.15) is 11.5 Å². The van der Waals surface area contributed by atoms with E-state index in [-0.39, 0.29) is 5.82 Å². The molecule has 1 aromatic heterocycles. The van der Waals surface area contributed by atoms with Gasteiger partial charge in [0.1, 0.15) is 0 Å². The second-order valence-corrected chi connectivity index (χ2v) is 7.21. The van der Waals surface area contributed by atoms with Crippen LogP contribution in [0.15, 0.2) is 53.1 Å². The zero-order valence-corrected chi connectivity index (χ0v) is 16.1. The number of nitrogens with zero attached hydrogens (tertiary/aromatic N) is 4. The van der Waals surface area contributed by atoms with Crippen molar-refractivity contribution in [2.45, 2.75) is 12.7 Å². The average Bonchev–Trinajstić information content (AvgIpc) is 3.17. The highest BCUT2D eigenvalue weighted by Gasteiger charge is 2.30. The molecule has 9 heteroatoms. The summed E-state index contributed by atoms with van der Waals surface area (Å²) < 4.78 is 43.3. The molecule has 1 fully saturated rings. The van der Waals surface area contributed by atoms with Gasteiger partial charge in [-0.15, -0.1) is 0 Å². The Morgan fingerprint density at radius 1 is 0.966 bits per heavy atom. The van der Waals surface area contributed by atoms with Gasteiger partial charge in [0.2, 0.25) is 11.7 Å². The summed E-state index contributed by atoms with van der Waals surface area (Å²) in [6.45, 7) is 3.75. The van der Waals surface area contributed by atoms with E-state index in [1.807, 2.05) is 24.3 Å². The van der Waals surface area contributed by atoms with Crippen molar-refractivity contribution in [3.63, 3.8) is 0 Å². The average molecular weight is 423 g/mol. The third kappa shape index (κ3) is 4.54. The molecule has 2 aromatic carbocycles. The summed E-state index contributed by atoms with van der Waals surface area (Å²) >= 11 is 6.27. The lowest BCUT2D eigenvalue weighted by Crippen LogP contribution is -2.46. The monoisotopic (exact) mass is 422 g/mol. The van der Waals surface area contributed by atoms with E-state index >= 15 is 0 Å². The lowest BCUT2D eigenvalue weighted by molar-refractivity contribution is -0.137. The van der Waals surface area contributed by atoms with E-state index in [0.717, 1.165) is 49.0 Å². The van der Waals surface area contributed by atoms with Crippen molar-refractivity contribution in [1.82, 2.24) is 15.0 Å². The molecule has 0 N–H and O–H groups in total. The van der Waals surface area contributed by atoms with Gasteiger partial charge in [-0.25, -0.2) is 0 Å². The SMILES string of the molecule is FC(F)(F)c1ccc(-c2noc(CN3CCN(c4ccccc4Cl)CC3)n2)cc1. The molecule has 152 valence electrons. The van der Waals surface area contributed by atoms with Gasteiger partial charge in [-0.05, 0) is 24.3 Å². The zero-order chi connectivity index (χ0) is 20.4. The molecule has 0 amide bonds. The molecule has 2 heterocycles. The summed E-state index contributed by atoms with van der Waals surface area (Å²) in [6.07, 6.45) is -4.37. The summed E-state index contributed by atoms with van der Waals surface area (Å²) in [5, 5.41) is 4.63. The van der Waals surface area contributed by atoms with Gasteiger partial charge in [0.05, 0.1) is 22.8 Å². The molecule has 0 bridgehead atoms. The molecule has 0 unspecified atom stereocenters. The largest absolute Gasteiger partial charge is 0.416 e. The Balaban J connectivity index is 1.36. The minimum absolute atomic E-state index is 0.281. The zero-order valence-electron chi connectivity index (χ0n) is 15.4. The second-order valence-electron chi connectivity index (χ2n) is 6.80. The number of para-hydroxylation sites is 1. The van der Waals surface area contributed by atoms with E-state index in [1.54, 1.807) is 0 Å². The van der Waals surface area contributed by atoms with Crippen LogP contribution in [-0.4, -0.2) is 41.2 Å². The van der Waals surface area contributed by atoms with Gasteiger partial charge >= 0.3 is 6.18 Å². The third-order valence-corrected chi connectivity index (χ3v) is 5.18.